The van der Waals surface area contributed by atoms with Crippen molar-refractivity contribution in [3.05, 3.63) is 35.4 Å². The summed E-state index contributed by atoms with van der Waals surface area (Å²) in [4.78, 5) is 0. The van der Waals surface area contributed by atoms with E-state index in [4.69, 9.17) is 9.47 Å². The fourth-order valence-corrected chi connectivity index (χ4v) is 2.34. The van der Waals surface area contributed by atoms with Gasteiger partial charge < -0.3 is 9.47 Å². The van der Waals surface area contributed by atoms with E-state index in [0.717, 1.165) is 38.9 Å². The summed E-state index contributed by atoms with van der Waals surface area (Å²) in [6.07, 6.45) is 6.83. The van der Waals surface area contributed by atoms with Crippen molar-refractivity contribution in [1.82, 2.24) is 0 Å². The minimum atomic E-state index is 0.0562. The molecule has 1 aromatic carbocycles. The summed E-state index contributed by atoms with van der Waals surface area (Å²) < 4.78 is 11.3. The number of ether oxygens (including phenoxy) is 2. The van der Waals surface area contributed by atoms with E-state index >= 15 is 0 Å². The zero-order chi connectivity index (χ0) is 12.6. The summed E-state index contributed by atoms with van der Waals surface area (Å²) in [7, 11) is 0. The SMILES string of the molecule is CCc1cccc(CCCOC2CCCCO2)c1. The Balaban J connectivity index is 1.65. The molecule has 18 heavy (non-hydrogen) atoms. The fourth-order valence-electron chi connectivity index (χ4n) is 2.34. The Morgan fingerprint density at radius 2 is 2.17 bits per heavy atom. The third kappa shape index (κ3) is 4.43. The molecule has 1 saturated heterocycles. The van der Waals surface area contributed by atoms with Gasteiger partial charge >= 0.3 is 0 Å². The van der Waals surface area contributed by atoms with Gasteiger partial charge in [-0.2, -0.15) is 0 Å². The summed E-state index contributed by atoms with van der Waals surface area (Å²) in [5.41, 5.74) is 2.84. The van der Waals surface area contributed by atoms with Gasteiger partial charge in [0.1, 0.15) is 0 Å². The highest BCUT2D eigenvalue weighted by Gasteiger charge is 2.13. The molecular weight excluding hydrogens is 224 g/mol. The van der Waals surface area contributed by atoms with E-state index in [1.54, 1.807) is 0 Å². The van der Waals surface area contributed by atoms with Crippen LogP contribution in [0, 0.1) is 0 Å². The quantitative estimate of drug-likeness (QED) is 0.714. The summed E-state index contributed by atoms with van der Waals surface area (Å²) in [5, 5.41) is 0. The van der Waals surface area contributed by atoms with Crippen molar-refractivity contribution < 1.29 is 9.47 Å². The Morgan fingerprint density at radius 1 is 1.28 bits per heavy atom. The number of aryl methyl sites for hydroxylation is 2. The average molecular weight is 248 g/mol. The molecule has 0 amide bonds. The summed E-state index contributed by atoms with van der Waals surface area (Å²) in [6.45, 7) is 3.87. The van der Waals surface area contributed by atoms with Crippen LogP contribution in [0.15, 0.2) is 24.3 Å². The highest BCUT2D eigenvalue weighted by Crippen LogP contribution is 2.14. The second-order valence-electron chi connectivity index (χ2n) is 4.94. The minimum Gasteiger partial charge on any atom is -0.353 e. The maximum atomic E-state index is 5.74. The highest BCUT2D eigenvalue weighted by atomic mass is 16.7. The first kappa shape index (κ1) is 13.6. The van der Waals surface area contributed by atoms with Gasteiger partial charge in [-0.25, -0.2) is 0 Å². The van der Waals surface area contributed by atoms with Gasteiger partial charge in [0.05, 0.1) is 6.61 Å². The lowest BCUT2D eigenvalue weighted by atomic mass is 10.1. The molecule has 0 radical (unpaired) electrons. The Kier molecular flexibility index (Phi) is 5.69. The number of hydrogen-bond acceptors (Lipinski definition) is 2. The Bertz CT molecular complexity index is 343. The summed E-state index contributed by atoms with van der Waals surface area (Å²) in [6, 6.07) is 8.85. The first-order chi connectivity index (χ1) is 8.88. The van der Waals surface area contributed by atoms with E-state index in [2.05, 4.69) is 31.2 Å². The normalized spacial score (nSPS) is 19.9. The third-order valence-electron chi connectivity index (χ3n) is 3.45. The smallest absolute Gasteiger partial charge is 0.157 e. The van der Waals surface area contributed by atoms with Crippen LogP contribution in [-0.2, 0) is 22.3 Å². The van der Waals surface area contributed by atoms with Crippen LogP contribution < -0.4 is 0 Å². The van der Waals surface area contributed by atoms with Crippen LogP contribution in [0.1, 0.15) is 43.7 Å². The van der Waals surface area contributed by atoms with Crippen LogP contribution in [0.25, 0.3) is 0 Å². The number of hydrogen-bond donors (Lipinski definition) is 0. The second-order valence-corrected chi connectivity index (χ2v) is 4.94. The Morgan fingerprint density at radius 3 is 2.94 bits per heavy atom. The van der Waals surface area contributed by atoms with E-state index in [1.165, 1.54) is 24.0 Å². The second kappa shape index (κ2) is 7.55. The molecule has 1 fully saturated rings. The fraction of sp³-hybridized carbons (Fsp3) is 0.625. The topological polar surface area (TPSA) is 18.5 Å². The molecule has 0 aliphatic carbocycles. The van der Waals surface area contributed by atoms with Gasteiger partial charge in [-0.05, 0) is 49.7 Å². The molecule has 1 atom stereocenters. The van der Waals surface area contributed by atoms with Crippen LogP contribution in [-0.4, -0.2) is 19.5 Å². The minimum absolute atomic E-state index is 0.0562. The van der Waals surface area contributed by atoms with Crippen molar-refractivity contribution in [3.8, 4) is 0 Å². The van der Waals surface area contributed by atoms with Gasteiger partial charge in [0, 0.05) is 6.61 Å². The number of benzene rings is 1. The molecule has 0 bridgehead atoms. The van der Waals surface area contributed by atoms with E-state index in [9.17, 15) is 0 Å². The van der Waals surface area contributed by atoms with Gasteiger partial charge in [-0.15, -0.1) is 0 Å². The van der Waals surface area contributed by atoms with E-state index in [1.807, 2.05) is 0 Å². The largest absolute Gasteiger partial charge is 0.353 e. The predicted molar refractivity (Wildman–Crippen MR) is 73.7 cm³/mol. The monoisotopic (exact) mass is 248 g/mol. The summed E-state index contributed by atoms with van der Waals surface area (Å²) in [5.74, 6) is 0. The van der Waals surface area contributed by atoms with Crippen molar-refractivity contribution in [2.24, 2.45) is 0 Å². The lowest BCUT2D eigenvalue weighted by Crippen LogP contribution is -2.22. The molecule has 2 nitrogen and oxygen atoms in total. The van der Waals surface area contributed by atoms with Gasteiger partial charge in [0.2, 0.25) is 0 Å². The molecular formula is C16H24O2. The van der Waals surface area contributed by atoms with E-state index < -0.39 is 0 Å². The lowest BCUT2D eigenvalue weighted by molar-refractivity contribution is -0.162. The van der Waals surface area contributed by atoms with Crippen molar-refractivity contribution in [1.29, 1.82) is 0 Å². The van der Waals surface area contributed by atoms with Crippen molar-refractivity contribution in [2.45, 2.75) is 51.7 Å². The average Bonchev–Trinajstić information content (AvgIpc) is 2.45. The molecule has 1 aliphatic heterocycles. The standard InChI is InChI=1S/C16H24O2/c1-2-14-7-5-8-15(13-14)9-6-12-18-16-10-3-4-11-17-16/h5,7-8,13,16H,2-4,6,9-12H2,1H3. The zero-order valence-electron chi connectivity index (χ0n) is 11.4. The van der Waals surface area contributed by atoms with E-state index in [-0.39, 0.29) is 6.29 Å². The van der Waals surface area contributed by atoms with Gasteiger partial charge in [0.25, 0.3) is 0 Å². The maximum Gasteiger partial charge on any atom is 0.157 e. The predicted octanol–water partition coefficient (Wildman–Crippen LogP) is 3.72. The molecule has 0 N–H and O–H groups in total. The van der Waals surface area contributed by atoms with Crippen LogP contribution in [0.4, 0.5) is 0 Å². The summed E-state index contributed by atoms with van der Waals surface area (Å²) >= 11 is 0. The Hall–Kier alpha value is -0.860. The van der Waals surface area contributed by atoms with Crippen molar-refractivity contribution >= 4 is 0 Å². The van der Waals surface area contributed by atoms with Crippen LogP contribution in [0.3, 0.4) is 0 Å². The molecule has 2 rings (SSSR count). The molecule has 0 spiro atoms. The first-order valence-corrected chi connectivity index (χ1v) is 7.19. The number of rotatable bonds is 6. The van der Waals surface area contributed by atoms with Crippen LogP contribution in [0.2, 0.25) is 0 Å². The van der Waals surface area contributed by atoms with Gasteiger partial charge in [0.15, 0.2) is 6.29 Å². The van der Waals surface area contributed by atoms with Crippen molar-refractivity contribution in [3.63, 3.8) is 0 Å². The third-order valence-corrected chi connectivity index (χ3v) is 3.45. The van der Waals surface area contributed by atoms with Gasteiger partial charge in [-0.1, -0.05) is 31.2 Å². The first-order valence-electron chi connectivity index (χ1n) is 7.19. The molecule has 1 aromatic rings. The highest BCUT2D eigenvalue weighted by molar-refractivity contribution is 5.23. The van der Waals surface area contributed by atoms with E-state index in [0.29, 0.717) is 0 Å². The zero-order valence-corrected chi connectivity index (χ0v) is 11.4. The molecule has 1 aliphatic rings. The molecule has 1 unspecified atom stereocenters. The van der Waals surface area contributed by atoms with Crippen LogP contribution in [0.5, 0.6) is 0 Å². The van der Waals surface area contributed by atoms with Gasteiger partial charge in [-0.3, -0.25) is 0 Å². The lowest BCUT2D eigenvalue weighted by Gasteiger charge is -2.22. The molecule has 0 aromatic heterocycles. The Labute approximate surface area is 110 Å². The molecule has 0 saturated carbocycles. The molecule has 2 heteroatoms. The molecule has 100 valence electrons. The maximum absolute atomic E-state index is 5.74. The molecule has 1 heterocycles. The van der Waals surface area contributed by atoms with Crippen molar-refractivity contribution in [2.75, 3.05) is 13.2 Å². The van der Waals surface area contributed by atoms with Crippen LogP contribution >= 0.6 is 0 Å².